The van der Waals surface area contributed by atoms with Gasteiger partial charge >= 0.3 is 12.1 Å². The monoisotopic (exact) mass is 462 g/mol. The molecule has 0 saturated heterocycles. The maximum atomic E-state index is 13.0. The summed E-state index contributed by atoms with van der Waals surface area (Å²) >= 11 is 0. The van der Waals surface area contributed by atoms with Crippen LogP contribution in [-0.4, -0.2) is 41.8 Å². The second kappa shape index (κ2) is 9.49. The van der Waals surface area contributed by atoms with E-state index in [0.717, 1.165) is 47.9 Å². The van der Waals surface area contributed by atoms with Crippen LogP contribution in [0.5, 0.6) is 0 Å². The number of amides is 2. The van der Waals surface area contributed by atoms with Gasteiger partial charge in [0.05, 0.1) is 5.92 Å². The van der Waals surface area contributed by atoms with Crippen molar-refractivity contribution in [3.8, 4) is 11.1 Å². The molecule has 0 spiro atoms. The Morgan fingerprint density at radius 2 is 1.59 bits per heavy atom. The van der Waals surface area contributed by atoms with Crippen molar-refractivity contribution in [2.24, 2.45) is 11.8 Å². The van der Waals surface area contributed by atoms with E-state index in [-0.39, 0.29) is 30.4 Å². The van der Waals surface area contributed by atoms with Gasteiger partial charge in [-0.15, -0.1) is 0 Å². The number of aliphatic carboxylic acids is 1. The summed E-state index contributed by atoms with van der Waals surface area (Å²) in [6, 6.07) is 15.5. The Morgan fingerprint density at radius 3 is 2.21 bits per heavy atom. The molecule has 3 atom stereocenters. The zero-order chi connectivity index (χ0) is 23.7. The lowest BCUT2D eigenvalue weighted by Gasteiger charge is -2.29. The molecule has 2 aromatic rings. The largest absolute Gasteiger partial charge is 0.481 e. The lowest BCUT2D eigenvalue weighted by molar-refractivity contribution is -0.143. The summed E-state index contributed by atoms with van der Waals surface area (Å²) in [5, 5.41) is 15.1. The minimum atomic E-state index is -0.811. The van der Waals surface area contributed by atoms with Crippen LogP contribution in [0.4, 0.5) is 4.79 Å². The summed E-state index contributed by atoms with van der Waals surface area (Å²) in [6.45, 7) is 0.196. The number of nitrogens with one attached hydrogen (secondary N) is 2. The molecule has 2 aromatic carbocycles. The van der Waals surface area contributed by atoms with Crippen molar-refractivity contribution in [3.05, 3.63) is 59.7 Å². The third-order valence-electron chi connectivity index (χ3n) is 7.36. The Balaban J connectivity index is 1.20. The zero-order valence-corrected chi connectivity index (χ0v) is 19.0. The van der Waals surface area contributed by atoms with Crippen LogP contribution in [0.1, 0.15) is 55.6 Å². The normalized spacial score (nSPS) is 22.2. The average Bonchev–Trinajstić information content (AvgIpc) is 3.64. The minimum Gasteiger partial charge on any atom is -0.481 e. The van der Waals surface area contributed by atoms with E-state index in [1.807, 2.05) is 24.3 Å². The second-order valence-electron chi connectivity index (χ2n) is 9.69. The van der Waals surface area contributed by atoms with Crippen molar-refractivity contribution in [3.63, 3.8) is 0 Å². The van der Waals surface area contributed by atoms with E-state index >= 15 is 0 Å². The van der Waals surface area contributed by atoms with Gasteiger partial charge in [-0.25, -0.2) is 4.79 Å². The standard InChI is InChI=1S/C27H30N2O5/c30-25(28-18-7-5-6-17(14-18)26(31)32)24(16-12-13-16)29-27(33)34-15-23-21-10-3-1-8-19(21)20-9-2-4-11-22(20)23/h1-4,8-11,16-18,23-24H,5-7,12-15H2,(H,28,30)(H,29,33)(H,31,32)/t17-,18+,24?/m1/s1. The van der Waals surface area contributed by atoms with E-state index in [2.05, 4.69) is 34.9 Å². The molecule has 7 heteroatoms. The lowest BCUT2D eigenvalue weighted by atomic mass is 9.85. The molecule has 2 fully saturated rings. The average molecular weight is 463 g/mol. The third-order valence-corrected chi connectivity index (χ3v) is 7.36. The van der Waals surface area contributed by atoms with Crippen molar-refractivity contribution in [1.82, 2.24) is 10.6 Å². The molecule has 2 saturated carbocycles. The lowest BCUT2D eigenvalue weighted by Crippen LogP contribution is -2.52. The van der Waals surface area contributed by atoms with E-state index < -0.39 is 24.0 Å². The SMILES string of the molecule is O=C(NC(C(=O)N[C@H]1CCC[C@@H](C(=O)O)C1)C1CC1)OCC1c2ccccc2-c2ccccc21. The number of carbonyl (C=O) groups is 3. The van der Waals surface area contributed by atoms with Gasteiger partial charge in [0.25, 0.3) is 0 Å². The predicted octanol–water partition coefficient (Wildman–Crippen LogP) is 4.06. The van der Waals surface area contributed by atoms with Crippen LogP contribution in [0, 0.1) is 11.8 Å². The molecule has 0 aromatic heterocycles. The third kappa shape index (κ3) is 4.65. The molecule has 178 valence electrons. The maximum absolute atomic E-state index is 13.0. The van der Waals surface area contributed by atoms with Crippen LogP contribution in [0.3, 0.4) is 0 Å². The molecule has 1 unspecified atom stereocenters. The highest BCUT2D eigenvalue weighted by molar-refractivity contribution is 5.86. The van der Waals surface area contributed by atoms with Crippen LogP contribution < -0.4 is 10.6 Å². The van der Waals surface area contributed by atoms with Gasteiger partial charge in [-0.05, 0) is 60.3 Å². The molecule has 0 aliphatic heterocycles. The molecule has 34 heavy (non-hydrogen) atoms. The topological polar surface area (TPSA) is 105 Å². The van der Waals surface area contributed by atoms with Gasteiger partial charge in [0.15, 0.2) is 0 Å². The molecule has 3 aliphatic rings. The number of carboxylic acid groups (broad SMARTS) is 1. The fourth-order valence-corrected chi connectivity index (χ4v) is 5.43. The van der Waals surface area contributed by atoms with Crippen molar-refractivity contribution >= 4 is 18.0 Å². The first-order chi connectivity index (χ1) is 16.5. The Labute approximate surface area is 198 Å². The van der Waals surface area contributed by atoms with E-state index in [4.69, 9.17) is 4.74 Å². The quantitative estimate of drug-likeness (QED) is 0.576. The first-order valence-electron chi connectivity index (χ1n) is 12.2. The Hall–Kier alpha value is -3.35. The fourth-order valence-electron chi connectivity index (χ4n) is 5.43. The Morgan fingerprint density at radius 1 is 0.941 bits per heavy atom. The smallest absolute Gasteiger partial charge is 0.407 e. The van der Waals surface area contributed by atoms with Gasteiger partial charge in [-0.3, -0.25) is 9.59 Å². The molecular formula is C27H30N2O5. The maximum Gasteiger partial charge on any atom is 0.407 e. The zero-order valence-electron chi connectivity index (χ0n) is 19.0. The summed E-state index contributed by atoms with van der Waals surface area (Å²) in [5.41, 5.74) is 4.60. The first kappa shape index (κ1) is 22.4. The second-order valence-corrected chi connectivity index (χ2v) is 9.69. The molecule has 0 radical (unpaired) electrons. The first-order valence-corrected chi connectivity index (χ1v) is 12.2. The van der Waals surface area contributed by atoms with Crippen molar-refractivity contribution in [1.29, 1.82) is 0 Å². The summed E-state index contributed by atoms with van der Waals surface area (Å²) < 4.78 is 5.63. The summed E-state index contributed by atoms with van der Waals surface area (Å²) in [5.74, 6) is -1.42. The van der Waals surface area contributed by atoms with E-state index in [1.54, 1.807) is 0 Å². The van der Waals surface area contributed by atoms with Gasteiger partial charge in [0.2, 0.25) is 5.91 Å². The van der Waals surface area contributed by atoms with Crippen molar-refractivity contribution in [2.75, 3.05) is 6.61 Å². The number of fused-ring (bicyclic) bond motifs is 3. The number of carbonyl (C=O) groups excluding carboxylic acids is 2. The number of rotatable bonds is 7. The predicted molar refractivity (Wildman–Crippen MR) is 126 cm³/mol. The molecule has 0 bridgehead atoms. The molecule has 0 heterocycles. The highest BCUT2D eigenvalue weighted by Crippen LogP contribution is 2.44. The van der Waals surface area contributed by atoms with Gasteiger partial charge in [-0.2, -0.15) is 0 Å². The van der Waals surface area contributed by atoms with Crippen LogP contribution in [0.15, 0.2) is 48.5 Å². The number of carboxylic acids is 1. The highest BCUT2D eigenvalue weighted by Gasteiger charge is 2.39. The van der Waals surface area contributed by atoms with E-state index in [9.17, 15) is 19.5 Å². The number of hydrogen-bond acceptors (Lipinski definition) is 4. The van der Waals surface area contributed by atoms with Crippen LogP contribution in [-0.2, 0) is 14.3 Å². The minimum absolute atomic E-state index is 0.0402. The number of alkyl carbamates (subject to hydrolysis) is 1. The van der Waals surface area contributed by atoms with Crippen molar-refractivity contribution < 1.29 is 24.2 Å². The van der Waals surface area contributed by atoms with Gasteiger partial charge < -0.3 is 20.5 Å². The summed E-state index contributed by atoms with van der Waals surface area (Å²) in [6.07, 6.45) is 3.78. The number of benzene rings is 2. The molecule has 2 amide bonds. The van der Waals surface area contributed by atoms with Gasteiger partial charge in [0.1, 0.15) is 12.6 Å². The van der Waals surface area contributed by atoms with Gasteiger partial charge in [-0.1, -0.05) is 55.0 Å². The molecular weight excluding hydrogens is 432 g/mol. The Kier molecular flexibility index (Phi) is 6.26. The molecule has 7 nitrogen and oxygen atoms in total. The number of hydrogen-bond donors (Lipinski definition) is 3. The fraction of sp³-hybridized carbons (Fsp3) is 0.444. The highest BCUT2D eigenvalue weighted by atomic mass is 16.5. The molecule has 3 N–H and O–H groups in total. The van der Waals surface area contributed by atoms with E-state index in [0.29, 0.717) is 12.8 Å². The van der Waals surface area contributed by atoms with Crippen molar-refractivity contribution in [2.45, 2.75) is 56.5 Å². The summed E-state index contributed by atoms with van der Waals surface area (Å²) in [4.78, 5) is 37.0. The van der Waals surface area contributed by atoms with Crippen LogP contribution in [0.2, 0.25) is 0 Å². The van der Waals surface area contributed by atoms with Crippen LogP contribution >= 0.6 is 0 Å². The molecule has 3 aliphatic carbocycles. The summed E-state index contributed by atoms with van der Waals surface area (Å²) in [7, 11) is 0. The number of ether oxygens (including phenoxy) is 1. The Bertz CT molecular complexity index is 1050. The van der Waals surface area contributed by atoms with E-state index in [1.165, 1.54) is 0 Å². The molecule has 5 rings (SSSR count). The van der Waals surface area contributed by atoms with Crippen LogP contribution in [0.25, 0.3) is 11.1 Å². The van der Waals surface area contributed by atoms with Gasteiger partial charge in [0, 0.05) is 12.0 Å².